The second kappa shape index (κ2) is 7.01. The third kappa shape index (κ3) is 3.62. The topological polar surface area (TPSA) is 119 Å². The van der Waals surface area contributed by atoms with Crippen LogP contribution in [0.25, 0.3) is 0 Å². The van der Waals surface area contributed by atoms with Gasteiger partial charge in [0.15, 0.2) is 17.9 Å². The summed E-state index contributed by atoms with van der Waals surface area (Å²) in [6, 6.07) is -0.444. The average Bonchev–Trinajstić information content (AvgIpc) is 3.05. The minimum atomic E-state index is -0.832. The summed E-state index contributed by atoms with van der Waals surface area (Å²) in [5.74, 6) is -1.20. The molecule has 146 valence electrons. The molecule has 3 rings (SSSR count). The van der Waals surface area contributed by atoms with Gasteiger partial charge in [0, 0.05) is 13.0 Å². The Balaban J connectivity index is 1.72. The highest BCUT2D eigenvalue weighted by atomic mass is 16.8. The van der Waals surface area contributed by atoms with E-state index in [0.29, 0.717) is 13.0 Å². The van der Waals surface area contributed by atoms with Crippen LogP contribution in [0.5, 0.6) is 0 Å². The van der Waals surface area contributed by atoms with Crippen LogP contribution in [0.15, 0.2) is 5.16 Å². The van der Waals surface area contributed by atoms with Gasteiger partial charge >= 0.3 is 12.0 Å². The molecule has 4 atom stereocenters. The van der Waals surface area contributed by atoms with E-state index < -0.39 is 36.4 Å². The van der Waals surface area contributed by atoms with Crippen molar-refractivity contribution in [2.45, 2.75) is 64.4 Å². The van der Waals surface area contributed by atoms with E-state index in [9.17, 15) is 9.59 Å². The van der Waals surface area contributed by atoms with Crippen molar-refractivity contribution in [1.29, 1.82) is 0 Å². The molecule has 0 aromatic carbocycles. The first kappa shape index (κ1) is 18.9. The number of ether oxygens (including phenoxy) is 4. The Kier molecular flexibility index (Phi) is 5.09. The second-order valence-electron chi connectivity index (χ2n) is 7.33. The number of hydrogen-bond acceptors (Lipinski definition) is 8. The fourth-order valence-corrected chi connectivity index (χ4v) is 3.28. The standard InChI is InChI=1S/C16H25N3O7/c1-8(2)14(20)23-7-9-11-12(26-16(3,4)25-11)13(24-9)19-6-5-10(18-22)17-15(19)21/h8-9,11-13,22H,5-7H2,1-4H3,(H,17,18,21)/t9-,11-,12-,13-/m1/s1. The van der Waals surface area contributed by atoms with Crippen LogP contribution in [0, 0.1) is 5.92 Å². The van der Waals surface area contributed by atoms with Crippen molar-refractivity contribution < 1.29 is 33.7 Å². The van der Waals surface area contributed by atoms with Crippen molar-refractivity contribution in [3.63, 3.8) is 0 Å². The predicted octanol–water partition coefficient (Wildman–Crippen LogP) is 0.634. The van der Waals surface area contributed by atoms with Crippen LogP contribution in [0.1, 0.15) is 34.1 Å². The van der Waals surface area contributed by atoms with Gasteiger partial charge in [0.1, 0.15) is 24.9 Å². The maximum Gasteiger partial charge on any atom is 0.325 e. The number of amidine groups is 1. The van der Waals surface area contributed by atoms with Gasteiger partial charge in [0.25, 0.3) is 0 Å². The molecule has 0 saturated carbocycles. The van der Waals surface area contributed by atoms with E-state index in [1.54, 1.807) is 27.7 Å². The Morgan fingerprint density at radius 2 is 2.12 bits per heavy atom. The maximum absolute atomic E-state index is 12.3. The molecule has 26 heavy (non-hydrogen) atoms. The molecule has 2 amide bonds. The van der Waals surface area contributed by atoms with E-state index in [0.717, 1.165) is 0 Å². The Labute approximate surface area is 151 Å². The van der Waals surface area contributed by atoms with Gasteiger partial charge in [-0.05, 0) is 13.8 Å². The summed E-state index contributed by atoms with van der Waals surface area (Å²) in [5, 5.41) is 14.3. The molecule has 3 heterocycles. The Bertz CT molecular complexity index is 607. The zero-order valence-electron chi connectivity index (χ0n) is 15.3. The SMILES string of the molecule is CC(C)C(=O)OC[C@H]1O[C@@H](N2CC/C(=N\O)NC2=O)[C@@H]2OC(C)(C)O[C@@H]21. The molecular formula is C16H25N3O7. The van der Waals surface area contributed by atoms with Crippen LogP contribution in [0.4, 0.5) is 4.79 Å². The van der Waals surface area contributed by atoms with Crippen molar-refractivity contribution in [2.75, 3.05) is 13.2 Å². The first-order chi connectivity index (χ1) is 12.2. The number of fused-ring (bicyclic) bond motifs is 1. The lowest BCUT2D eigenvalue weighted by atomic mass is 10.1. The van der Waals surface area contributed by atoms with Crippen LogP contribution in [-0.2, 0) is 23.7 Å². The zero-order chi connectivity index (χ0) is 19.1. The first-order valence-corrected chi connectivity index (χ1v) is 8.68. The van der Waals surface area contributed by atoms with E-state index in [-0.39, 0.29) is 24.3 Å². The van der Waals surface area contributed by atoms with Crippen LogP contribution in [-0.4, -0.2) is 71.4 Å². The molecule has 2 N–H and O–H groups in total. The number of nitrogens with one attached hydrogen (secondary N) is 1. The highest BCUT2D eigenvalue weighted by molar-refractivity contribution is 5.99. The van der Waals surface area contributed by atoms with Crippen LogP contribution >= 0.6 is 0 Å². The predicted molar refractivity (Wildman–Crippen MR) is 87.4 cm³/mol. The Morgan fingerprint density at radius 3 is 2.73 bits per heavy atom. The molecule has 0 aromatic rings. The first-order valence-electron chi connectivity index (χ1n) is 8.68. The summed E-state index contributed by atoms with van der Waals surface area (Å²) in [7, 11) is 0. The van der Waals surface area contributed by atoms with Gasteiger partial charge in [0.2, 0.25) is 0 Å². The summed E-state index contributed by atoms with van der Waals surface area (Å²) in [5.41, 5.74) is 0. The minimum Gasteiger partial charge on any atom is -0.463 e. The van der Waals surface area contributed by atoms with E-state index in [4.69, 9.17) is 24.2 Å². The molecule has 0 spiro atoms. The maximum atomic E-state index is 12.3. The summed E-state index contributed by atoms with van der Waals surface area (Å²) in [6.07, 6.45) is -1.85. The van der Waals surface area contributed by atoms with E-state index in [1.807, 2.05) is 0 Å². The van der Waals surface area contributed by atoms with Gasteiger partial charge in [0.05, 0.1) is 5.92 Å². The summed E-state index contributed by atoms with van der Waals surface area (Å²) in [6.45, 7) is 7.40. The van der Waals surface area contributed by atoms with Gasteiger partial charge < -0.3 is 24.2 Å². The summed E-state index contributed by atoms with van der Waals surface area (Å²) < 4.78 is 23.1. The molecule has 10 nitrogen and oxygen atoms in total. The number of carbonyl (C=O) groups is 2. The lowest BCUT2D eigenvalue weighted by Crippen LogP contribution is -2.56. The van der Waals surface area contributed by atoms with Gasteiger partial charge in [-0.3, -0.25) is 15.0 Å². The highest BCUT2D eigenvalue weighted by Crippen LogP contribution is 2.40. The largest absolute Gasteiger partial charge is 0.463 e. The van der Waals surface area contributed by atoms with Crippen LogP contribution in [0.2, 0.25) is 0 Å². The van der Waals surface area contributed by atoms with Crippen LogP contribution < -0.4 is 5.32 Å². The third-order valence-electron chi connectivity index (χ3n) is 4.52. The lowest BCUT2D eigenvalue weighted by Gasteiger charge is -2.35. The Hall–Kier alpha value is -1.91. The molecule has 3 aliphatic rings. The van der Waals surface area contributed by atoms with Crippen molar-refractivity contribution in [3.8, 4) is 0 Å². The fraction of sp³-hybridized carbons (Fsp3) is 0.812. The molecular weight excluding hydrogens is 346 g/mol. The van der Waals surface area contributed by atoms with E-state index in [2.05, 4.69) is 10.5 Å². The molecule has 3 saturated heterocycles. The Morgan fingerprint density at radius 1 is 1.42 bits per heavy atom. The number of amides is 2. The second-order valence-corrected chi connectivity index (χ2v) is 7.33. The number of urea groups is 1. The van der Waals surface area contributed by atoms with Crippen molar-refractivity contribution in [2.24, 2.45) is 11.1 Å². The monoisotopic (exact) mass is 371 g/mol. The van der Waals surface area contributed by atoms with Crippen molar-refractivity contribution in [1.82, 2.24) is 10.2 Å². The normalized spacial score (nSPS) is 34.9. The van der Waals surface area contributed by atoms with E-state index >= 15 is 0 Å². The summed E-state index contributed by atoms with van der Waals surface area (Å²) >= 11 is 0. The molecule has 3 fully saturated rings. The molecule has 0 unspecified atom stereocenters. The summed E-state index contributed by atoms with van der Waals surface area (Å²) in [4.78, 5) is 25.6. The minimum absolute atomic E-state index is 0.0208. The molecule has 0 aromatic heterocycles. The van der Waals surface area contributed by atoms with E-state index in [1.165, 1.54) is 4.90 Å². The van der Waals surface area contributed by atoms with Gasteiger partial charge in [-0.1, -0.05) is 19.0 Å². The average molecular weight is 371 g/mol. The fourth-order valence-electron chi connectivity index (χ4n) is 3.28. The van der Waals surface area contributed by atoms with Gasteiger partial charge in [-0.2, -0.15) is 0 Å². The quantitative estimate of drug-likeness (QED) is 0.423. The third-order valence-corrected chi connectivity index (χ3v) is 4.52. The number of carbonyl (C=O) groups excluding carboxylic acids is 2. The van der Waals surface area contributed by atoms with Gasteiger partial charge in [-0.15, -0.1) is 0 Å². The number of oxime groups is 1. The molecule has 10 heteroatoms. The van der Waals surface area contributed by atoms with Crippen molar-refractivity contribution in [3.05, 3.63) is 0 Å². The lowest BCUT2D eigenvalue weighted by molar-refractivity contribution is -0.207. The number of nitrogens with zero attached hydrogens (tertiary/aromatic N) is 2. The van der Waals surface area contributed by atoms with Crippen LogP contribution in [0.3, 0.4) is 0 Å². The smallest absolute Gasteiger partial charge is 0.325 e. The molecule has 0 bridgehead atoms. The van der Waals surface area contributed by atoms with Crippen molar-refractivity contribution >= 4 is 17.8 Å². The van der Waals surface area contributed by atoms with Gasteiger partial charge in [-0.25, -0.2) is 4.79 Å². The molecule has 0 radical (unpaired) electrons. The number of rotatable bonds is 4. The molecule has 0 aliphatic carbocycles. The number of hydrogen-bond donors (Lipinski definition) is 2. The highest BCUT2D eigenvalue weighted by Gasteiger charge is 2.58. The zero-order valence-corrected chi connectivity index (χ0v) is 15.3. The molecule has 3 aliphatic heterocycles. The number of esters is 1.